The van der Waals surface area contributed by atoms with Crippen molar-refractivity contribution in [3.63, 3.8) is 0 Å². The zero-order valence-corrected chi connectivity index (χ0v) is 18.0. The van der Waals surface area contributed by atoms with Gasteiger partial charge in [0.2, 0.25) is 0 Å². The molecule has 3 aromatic heterocycles. The van der Waals surface area contributed by atoms with Gasteiger partial charge in [0.25, 0.3) is 5.91 Å². The number of piperidine rings is 1. The van der Waals surface area contributed by atoms with E-state index in [2.05, 4.69) is 65.0 Å². The summed E-state index contributed by atoms with van der Waals surface area (Å²) in [6, 6.07) is 21.0. The Bertz CT molecular complexity index is 1200. The Morgan fingerprint density at radius 1 is 0.935 bits per heavy atom. The van der Waals surface area contributed by atoms with Gasteiger partial charge in [0.05, 0.1) is 6.20 Å². The van der Waals surface area contributed by atoms with Gasteiger partial charge in [-0.3, -0.25) is 4.79 Å². The first-order valence-corrected chi connectivity index (χ1v) is 10.8. The number of likely N-dealkylation sites (tertiary alicyclic amines) is 1. The number of carbonyl (C=O) groups is 1. The molecule has 0 unspecified atom stereocenters. The number of benzene rings is 1. The summed E-state index contributed by atoms with van der Waals surface area (Å²) in [4.78, 5) is 17.5. The third-order valence-electron chi connectivity index (χ3n) is 6.30. The van der Waals surface area contributed by atoms with Crippen molar-refractivity contribution >= 4 is 11.4 Å². The Morgan fingerprint density at radius 3 is 2.42 bits per heavy atom. The molecule has 1 aromatic carbocycles. The highest BCUT2D eigenvalue weighted by Crippen LogP contribution is 2.24. The van der Waals surface area contributed by atoms with Crippen molar-refractivity contribution in [1.29, 1.82) is 0 Å². The minimum atomic E-state index is 0.0453. The molecule has 0 aliphatic carbocycles. The van der Waals surface area contributed by atoms with Crippen LogP contribution in [0.5, 0.6) is 0 Å². The van der Waals surface area contributed by atoms with Crippen molar-refractivity contribution < 1.29 is 4.79 Å². The summed E-state index contributed by atoms with van der Waals surface area (Å²) in [6.07, 6.45) is 5.82. The van der Waals surface area contributed by atoms with Crippen molar-refractivity contribution in [2.24, 2.45) is 0 Å². The monoisotopic (exact) mass is 413 g/mol. The molecule has 1 fully saturated rings. The van der Waals surface area contributed by atoms with Crippen LogP contribution in [-0.4, -0.2) is 63.1 Å². The topological polar surface area (TPSA) is 45.8 Å². The first kappa shape index (κ1) is 19.6. The fourth-order valence-corrected chi connectivity index (χ4v) is 4.46. The van der Waals surface area contributed by atoms with E-state index in [4.69, 9.17) is 0 Å². The van der Waals surface area contributed by atoms with E-state index in [0.29, 0.717) is 11.7 Å². The van der Waals surface area contributed by atoms with Gasteiger partial charge in [-0.15, -0.1) is 0 Å². The van der Waals surface area contributed by atoms with Gasteiger partial charge >= 0.3 is 0 Å². The largest absolute Gasteiger partial charge is 0.337 e. The molecule has 6 heteroatoms. The van der Waals surface area contributed by atoms with Crippen molar-refractivity contribution in [2.75, 3.05) is 27.2 Å². The standard InChI is InChI=1S/C25H27N5O/c1-27(2)21-13-16-28(17-14-21)25(31)23-12-15-26-30(23)24-11-10-22-9-8-20(18-29(22)24)19-6-4-3-5-7-19/h3-12,15,18,21H,13-14,16-17H2,1-2H3. The second-order valence-corrected chi connectivity index (χ2v) is 8.39. The van der Waals surface area contributed by atoms with E-state index in [1.807, 2.05) is 35.2 Å². The van der Waals surface area contributed by atoms with E-state index in [1.165, 1.54) is 0 Å². The lowest BCUT2D eigenvalue weighted by Crippen LogP contribution is -2.44. The summed E-state index contributed by atoms with van der Waals surface area (Å²) in [7, 11) is 4.22. The lowest BCUT2D eigenvalue weighted by atomic mass is 10.0. The average Bonchev–Trinajstić information content (AvgIpc) is 3.45. The van der Waals surface area contributed by atoms with Crippen LogP contribution in [0.1, 0.15) is 23.3 Å². The fourth-order valence-electron chi connectivity index (χ4n) is 4.46. The van der Waals surface area contributed by atoms with Gasteiger partial charge in [0, 0.05) is 30.8 Å². The lowest BCUT2D eigenvalue weighted by molar-refractivity contribution is 0.0654. The van der Waals surface area contributed by atoms with Gasteiger partial charge in [-0.05, 0) is 62.3 Å². The first-order valence-electron chi connectivity index (χ1n) is 10.8. The highest BCUT2D eigenvalue weighted by atomic mass is 16.2. The summed E-state index contributed by atoms with van der Waals surface area (Å²) < 4.78 is 3.87. The van der Waals surface area contributed by atoms with Crippen LogP contribution in [0.25, 0.3) is 22.5 Å². The maximum Gasteiger partial charge on any atom is 0.272 e. The molecule has 5 rings (SSSR count). The molecule has 0 atom stereocenters. The zero-order valence-electron chi connectivity index (χ0n) is 18.0. The predicted octanol–water partition coefficient (Wildman–Crippen LogP) is 3.96. The molecule has 1 amide bonds. The molecular weight excluding hydrogens is 386 g/mol. The van der Waals surface area contributed by atoms with Gasteiger partial charge in [0.1, 0.15) is 11.5 Å². The Hall–Kier alpha value is -3.38. The van der Waals surface area contributed by atoms with Gasteiger partial charge in [-0.2, -0.15) is 5.10 Å². The maximum absolute atomic E-state index is 13.3. The molecule has 0 spiro atoms. The van der Waals surface area contributed by atoms with Crippen LogP contribution in [-0.2, 0) is 0 Å². The number of aromatic nitrogens is 3. The quantitative estimate of drug-likeness (QED) is 0.509. The van der Waals surface area contributed by atoms with Crippen molar-refractivity contribution in [3.05, 3.63) is 78.8 Å². The fraction of sp³-hybridized carbons (Fsp3) is 0.280. The maximum atomic E-state index is 13.3. The number of rotatable bonds is 4. The molecule has 0 N–H and O–H groups in total. The van der Waals surface area contributed by atoms with Crippen LogP contribution in [0, 0.1) is 0 Å². The smallest absolute Gasteiger partial charge is 0.272 e. The van der Waals surface area contributed by atoms with Crippen LogP contribution in [0.2, 0.25) is 0 Å². The molecule has 31 heavy (non-hydrogen) atoms. The summed E-state index contributed by atoms with van der Waals surface area (Å²) in [5.74, 6) is 0.910. The number of pyridine rings is 1. The SMILES string of the molecule is CN(C)C1CCN(C(=O)c2ccnn2-c2ccc3ccc(-c4ccccc4)cn23)CC1. The molecule has 0 saturated carbocycles. The van der Waals surface area contributed by atoms with Crippen LogP contribution in [0.15, 0.2) is 73.1 Å². The van der Waals surface area contributed by atoms with Crippen molar-refractivity contribution in [1.82, 2.24) is 24.0 Å². The van der Waals surface area contributed by atoms with Gasteiger partial charge < -0.3 is 14.2 Å². The number of hydrogen-bond donors (Lipinski definition) is 0. The summed E-state index contributed by atoms with van der Waals surface area (Å²) in [6.45, 7) is 1.56. The van der Waals surface area contributed by atoms with Crippen LogP contribution >= 0.6 is 0 Å². The second-order valence-electron chi connectivity index (χ2n) is 8.39. The normalized spacial score (nSPS) is 15.1. The van der Waals surface area contributed by atoms with E-state index in [9.17, 15) is 4.79 Å². The predicted molar refractivity (Wildman–Crippen MR) is 123 cm³/mol. The molecule has 0 radical (unpaired) electrons. The number of hydrogen-bond acceptors (Lipinski definition) is 3. The van der Waals surface area contributed by atoms with E-state index in [0.717, 1.165) is 48.4 Å². The highest BCUT2D eigenvalue weighted by molar-refractivity contribution is 5.93. The molecule has 6 nitrogen and oxygen atoms in total. The Kier molecular flexibility index (Phi) is 5.08. The number of fused-ring (bicyclic) bond motifs is 1. The summed E-state index contributed by atoms with van der Waals surface area (Å²) >= 11 is 0. The minimum absolute atomic E-state index is 0.0453. The highest BCUT2D eigenvalue weighted by Gasteiger charge is 2.27. The summed E-state index contributed by atoms with van der Waals surface area (Å²) in [5.41, 5.74) is 3.95. The Morgan fingerprint density at radius 2 is 1.68 bits per heavy atom. The Labute approximate surface area is 182 Å². The molecule has 0 bridgehead atoms. The Balaban J connectivity index is 1.47. The van der Waals surface area contributed by atoms with E-state index >= 15 is 0 Å². The van der Waals surface area contributed by atoms with Gasteiger partial charge in [-0.25, -0.2) is 4.68 Å². The van der Waals surface area contributed by atoms with E-state index in [1.54, 1.807) is 10.9 Å². The third kappa shape index (κ3) is 3.64. The molecule has 4 aromatic rings. The minimum Gasteiger partial charge on any atom is -0.337 e. The first-order chi connectivity index (χ1) is 15.1. The molecule has 4 heterocycles. The number of amides is 1. The van der Waals surface area contributed by atoms with E-state index in [-0.39, 0.29) is 5.91 Å². The molecule has 1 saturated heterocycles. The molecule has 158 valence electrons. The number of nitrogens with zero attached hydrogens (tertiary/aromatic N) is 5. The number of carbonyl (C=O) groups excluding carboxylic acids is 1. The third-order valence-corrected chi connectivity index (χ3v) is 6.30. The molecule has 1 aliphatic heterocycles. The van der Waals surface area contributed by atoms with Crippen molar-refractivity contribution in [3.8, 4) is 16.9 Å². The van der Waals surface area contributed by atoms with Crippen LogP contribution in [0.3, 0.4) is 0 Å². The van der Waals surface area contributed by atoms with Crippen LogP contribution < -0.4 is 0 Å². The molecular formula is C25H27N5O. The van der Waals surface area contributed by atoms with Crippen LogP contribution in [0.4, 0.5) is 0 Å². The second kappa shape index (κ2) is 8.04. The van der Waals surface area contributed by atoms with Gasteiger partial charge in [-0.1, -0.05) is 36.4 Å². The van der Waals surface area contributed by atoms with Gasteiger partial charge in [0.15, 0.2) is 0 Å². The van der Waals surface area contributed by atoms with E-state index < -0.39 is 0 Å². The zero-order chi connectivity index (χ0) is 21.4. The molecule has 1 aliphatic rings. The average molecular weight is 414 g/mol. The van der Waals surface area contributed by atoms with Crippen molar-refractivity contribution in [2.45, 2.75) is 18.9 Å². The summed E-state index contributed by atoms with van der Waals surface area (Å²) in [5, 5.41) is 4.51. The lowest BCUT2D eigenvalue weighted by Gasteiger charge is -2.35.